The van der Waals surface area contributed by atoms with Crippen molar-refractivity contribution in [2.24, 2.45) is 0 Å². The van der Waals surface area contributed by atoms with E-state index in [-0.39, 0.29) is 6.42 Å². The summed E-state index contributed by atoms with van der Waals surface area (Å²) < 4.78 is 1.89. The number of rotatable bonds is 13. The minimum atomic E-state index is -0.742. The van der Waals surface area contributed by atoms with E-state index in [4.69, 9.17) is 10.1 Å². The normalized spacial score (nSPS) is 11.4. The van der Waals surface area contributed by atoms with Crippen LogP contribution in [0, 0.1) is 13.8 Å². The Hall–Kier alpha value is -3.78. The number of carboxylic acid groups (broad SMARTS) is 1. The van der Waals surface area contributed by atoms with E-state index in [0.717, 1.165) is 60.5 Å². The second kappa shape index (κ2) is 12.6. The number of nitrogens with one attached hydrogen (secondary N) is 1. The van der Waals surface area contributed by atoms with Crippen molar-refractivity contribution in [2.75, 3.05) is 18.0 Å². The molecule has 2 aromatic carbocycles. The van der Waals surface area contributed by atoms with Crippen molar-refractivity contribution in [2.45, 2.75) is 66.0 Å². The fraction of sp³-hybridized carbons (Fsp3) is 0.400. The molecule has 2 N–H and O–H groups in total. The summed E-state index contributed by atoms with van der Waals surface area (Å²) in [5.41, 5.74) is 8.12. The fourth-order valence-electron chi connectivity index (χ4n) is 4.63. The lowest BCUT2D eigenvalue weighted by atomic mass is 10.1. The molecular formula is C30H38N6O2. The predicted octanol–water partition coefficient (Wildman–Crippen LogP) is 5.89. The maximum Gasteiger partial charge on any atom is 0.303 e. The zero-order valence-corrected chi connectivity index (χ0v) is 22.8. The summed E-state index contributed by atoms with van der Waals surface area (Å²) in [4.78, 5) is 22.6. The average Bonchev–Trinajstić information content (AvgIpc) is 3.34. The number of hydrogen-bond acceptors (Lipinski definition) is 6. The number of nitrogens with zero attached hydrogens (tertiary/aromatic N) is 5. The molecule has 8 nitrogen and oxygen atoms in total. The van der Waals surface area contributed by atoms with Crippen LogP contribution in [0.5, 0.6) is 0 Å². The van der Waals surface area contributed by atoms with Crippen molar-refractivity contribution < 1.29 is 9.90 Å². The third-order valence-corrected chi connectivity index (χ3v) is 6.45. The smallest absolute Gasteiger partial charge is 0.303 e. The van der Waals surface area contributed by atoms with E-state index in [9.17, 15) is 4.79 Å². The Balaban J connectivity index is 1.56. The number of fused-ring (bicyclic) bond motifs is 1. The zero-order valence-electron chi connectivity index (χ0n) is 22.8. The van der Waals surface area contributed by atoms with Crippen LogP contribution in [0.25, 0.3) is 22.3 Å². The highest BCUT2D eigenvalue weighted by atomic mass is 16.4. The summed E-state index contributed by atoms with van der Waals surface area (Å²) in [5, 5.41) is 16.8. The van der Waals surface area contributed by atoms with Crippen LogP contribution >= 0.6 is 0 Å². The molecule has 0 spiro atoms. The second-order valence-corrected chi connectivity index (χ2v) is 10.2. The second-order valence-electron chi connectivity index (χ2n) is 10.2. The molecule has 4 rings (SSSR count). The van der Waals surface area contributed by atoms with Gasteiger partial charge in [-0.05, 0) is 68.1 Å². The molecule has 0 bridgehead atoms. The Morgan fingerprint density at radius 3 is 2.53 bits per heavy atom. The maximum atomic E-state index is 10.7. The van der Waals surface area contributed by atoms with Crippen LogP contribution in [0.1, 0.15) is 50.7 Å². The summed E-state index contributed by atoms with van der Waals surface area (Å²) in [6, 6.07) is 13.3. The van der Waals surface area contributed by atoms with Crippen LogP contribution in [-0.4, -0.2) is 50.0 Å². The molecule has 38 heavy (non-hydrogen) atoms. The van der Waals surface area contributed by atoms with Gasteiger partial charge in [-0.15, -0.1) is 0 Å². The first-order valence-electron chi connectivity index (χ1n) is 13.4. The van der Waals surface area contributed by atoms with Crippen LogP contribution in [0.3, 0.4) is 0 Å². The van der Waals surface area contributed by atoms with Crippen molar-refractivity contribution >= 4 is 28.4 Å². The Morgan fingerprint density at radius 1 is 1.00 bits per heavy atom. The number of aryl methyl sites for hydroxylation is 3. The van der Waals surface area contributed by atoms with Crippen LogP contribution in [0.15, 0.2) is 55.0 Å². The number of carbonyl (C=O) groups is 1. The molecule has 0 aliphatic rings. The maximum absolute atomic E-state index is 10.7. The first-order valence-corrected chi connectivity index (χ1v) is 13.4. The molecule has 0 saturated carbocycles. The van der Waals surface area contributed by atoms with Crippen LogP contribution < -0.4 is 10.2 Å². The first kappa shape index (κ1) is 27.3. The summed E-state index contributed by atoms with van der Waals surface area (Å²) in [6.45, 7) is 11.0. The molecule has 4 aromatic rings. The summed E-state index contributed by atoms with van der Waals surface area (Å²) >= 11 is 0. The molecule has 2 heterocycles. The third kappa shape index (κ3) is 7.38. The third-order valence-electron chi connectivity index (χ3n) is 6.45. The minimum Gasteiger partial charge on any atom is -0.481 e. The van der Waals surface area contributed by atoms with E-state index in [1.807, 2.05) is 23.1 Å². The van der Waals surface area contributed by atoms with Gasteiger partial charge in [-0.3, -0.25) is 14.5 Å². The van der Waals surface area contributed by atoms with Crippen LogP contribution in [0.2, 0.25) is 0 Å². The van der Waals surface area contributed by atoms with Crippen LogP contribution in [-0.2, 0) is 11.3 Å². The van der Waals surface area contributed by atoms with Crippen molar-refractivity contribution in [3.63, 3.8) is 0 Å². The SMILES string of the molecule is Cc1cc(C)cc(N(CCNC(C)C)c2ccc3ncc(-c4cnn(CCCCCC(=O)O)c4)nc3c2)c1. The number of anilines is 2. The van der Waals surface area contributed by atoms with Crippen molar-refractivity contribution in [3.05, 3.63) is 66.1 Å². The summed E-state index contributed by atoms with van der Waals surface area (Å²) in [7, 11) is 0. The van der Waals surface area contributed by atoms with Gasteiger partial charge in [0.2, 0.25) is 0 Å². The molecule has 0 atom stereocenters. The highest BCUT2D eigenvalue weighted by Crippen LogP contribution is 2.30. The first-order chi connectivity index (χ1) is 18.3. The van der Waals surface area contributed by atoms with E-state index in [1.165, 1.54) is 16.8 Å². The van der Waals surface area contributed by atoms with Gasteiger partial charge in [0.1, 0.15) is 0 Å². The molecule has 0 aliphatic heterocycles. The Bertz CT molecular complexity index is 1360. The Morgan fingerprint density at radius 2 is 1.79 bits per heavy atom. The van der Waals surface area contributed by atoms with Crippen LogP contribution in [0.4, 0.5) is 11.4 Å². The minimum absolute atomic E-state index is 0.216. The van der Waals surface area contributed by atoms with E-state index < -0.39 is 5.97 Å². The molecule has 0 fully saturated rings. The highest BCUT2D eigenvalue weighted by molar-refractivity contribution is 5.82. The molecule has 8 heteroatoms. The van der Waals surface area contributed by atoms with Crippen molar-refractivity contribution in [3.8, 4) is 11.3 Å². The Labute approximate surface area is 224 Å². The van der Waals surface area contributed by atoms with Gasteiger partial charge in [0.25, 0.3) is 0 Å². The number of carboxylic acids is 1. The number of aromatic nitrogens is 4. The Kier molecular flexibility index (Phi) is 9.07. The topological polar surface area (TPSA) is 96.2 Å². The highest BCUT2D eigenvalue weighted by Gasteiger charge is 2.13. The molecule has 0 unspecified atom stereocenters. The number of benzene rings is 2. The standard InChI is InChI=1S/C30H38N6O2/c1-21(2)31-11-13-36(26-15-22(3)14-23(4)16-26)25-9-10-27-28(17-25)34-29(19-32-27)24-18-33-35(20-24)12-7-5-6-8-30(37)38/h9-10,14-21,31H,5-8,11-13H2,1-4H3,(H,37,38). The average molecular weight is 515 g/mol. The van der Waals surface area contributed by atoms with Gasteiger partial charge in [0.15, 0.2) is 0 Å². The lowest BCUT2D eigenvalue weighted by Gasteiger charge is -2.27. The van der Waals surface area contributed by atoms with Gasteiger partial charge in [0.05, 0.1) is 29.1 Å². The molecule has 2 aromatic heterocycles. The number of aliphatic carboxylic acids is 1. The lowest BCUT2D eigenvalue weighted by molar-refractivity contribution is -0.137. The van der Waals surface area contributed by atoms with Gasteiger partial charge in [0, 0.05) is 55.2 Å². The van der Waals surface area contributed by atoms with E-state index in [0.29, 0.717) is 12.5 Å². The largest absolute Gasteiger partial charge is 0.481 e. The number of unbranched alkanes of at least 4 members (excludes halogenated alkanes) is 2. The fourth-order valence-corrected chi connectivity index (χ4v) is 4.63. The molecule has 0 aliphatic carbocycles. The number of hydrogen-bond donors (Lipinski definition) is 2. The quantitative estimate of drug-likeness (QED) is 0.215. The summed E-state index contributed by atoms with van der Waals surface area (Å²) in [6.07, 6.45) is 8.25. The molecule has 0 amide bonds. The summed E-state index contributed by atoms with van der Waals surface area (Å²) in [5.74, 6) is -0.742. The monoisotopic (exact) mass is 514 g/mol. The molecular weight excluding hydrogens is 476 g/mol. The van der Waals surface area contributed by atoms with Gasteiger partial charge in [-0.25, -0.2) is 4.98 Å². The van der Waals surface area contributed by atoms with E-state index in [2.05, 4.69) is 78.3 Å². The predicted molar refractivity (Wildman–Crippen MR) is 153 cm³/mol. The van der Waals surface area contributed by atoms with E-state index in [1.54, 1.807) is 6.20 Å². The molecule has 0 saturated heterocycles. The van der Waals surface area contributed by atoms with Gasteiger partial charge >= 0.3 is 5.97 Å². The van der Waals surface area contributed by atoms with Gasteiger partial charge in [-0.2, -0.15) is 5.10 Å². The molecule has 0 radical (unpaired) electrons. The lowest BCUT2D eigenvalue weighted by Crippen LogP contribution is -2.32. The van der Waals surface area contributed by atoms with Gasteiger partial charge in [-0.1, -0.05) is 26.3 Å². The molecule has 200 valence electrons. The van der Waals surface area contributed by atoms with Gasteiger partial charge < -0.3 is 15.3 Å². The van der Waals surface area contributed by atoms with E-state index >= 15 is 0 Å². The zero-order chi connectivity index (χ0) is 27.1. The van der Waals surface area contributed by atoms with Crippen molar-refractivity contribution in [1.29, 1.82) is 0 Å². The van der Waals surface area contributed by atoms with Crippen molar-refractivity contribution in [1.82, 2.24) is 25.1 Å².